The first-order valence-electron chi connectivity index (χ1n) is 6.22. The molecule has 0 saturated carbocycles. The molecule has 17 heavy (non-hydrogen) atoms. The summed E-state index contributed by atoms with van der Waals surface area (Å²) in [6.45, 7) is 0. The van der Waals surface area contributed by atoms with Gasteiger partial charge in [-0.2, -0.15) is 0 Å². The summed E-state index contributed by atoms with van der Waals surface area (Å²) in [6, 6.07) is 6.08. The van der Waals surface area contributed by atoms with E-state index in [9.17, 15) is 4.79 Å². The van der Waals surface area contributed by atoms with Crippen molar-refractivity contribution in [3.63, 3.8) is 0 Å². The summed E-state index contributed by atoms with van der Waals surface area (Å²) in [5.74, 6) is 1.15. The molecule has 88 valence electrons. The van der Waals surface area contributed by atoms with E-state index in [1.165, 1.54) is 11.1 Å². The zero-order valence-corrected chi connectivity index (χ0v) is 10.1. The van der Waals surface area contributed by atoms with Crippen LogP contribution in [0.25, 0.3) is 5.57 Å². The molecule has 2 aliphatic carbocycles. The Labute approximate surface area is 101 Å². The van der Waals surface area contributed by atoms with Gasteiger partial charge in [0.1, 0.15) is 5.75 Å². The van der Waals surface area contributed by atoms with Crippen LogP contribution in [-0.2, 0) is 11.2 Å². The smallest absolute Gasteiger partial charge is 0.163 e. The standard InChI is InChI=1S/C15H16O2/c1-17-13-7-3-5-11-9-8-10-4-2-6-12(16)14(10)15(11)13/h3,5,7H,2,4,6,8-9H2,1H3. The lowest BCUT2D eigenvalue weighted by Crippen LogP contribution is -2.17. The number of aryl methyl sites for hydroxylation is 1. The van der Waals surface area contributed by atoms with Crippen molar-refractivity contribution in [1.82, 2.24) is 0 Å². The van der Waals surface area contributed by atoms with Crippen molar-refractivity contribution in [3.05, 3.63) is 34.9 Å². The number of carbonyl (C=O) groups is 1. The first kappa shape index (κ1) is 10.6. The van der Waals surface area contributed by atoms with Crippen molar-refractivity contribution in [1.29, 1.82) is 0 Å². The normalized spacial score (nSPS) is 18.8. The molecular weight excluding hydrogens is 212 g/mol. The van der Waals surface area contributed by atoms with E-state index >= 15 is 0 Å². The average molecular weight is 228 g/mol. The van der Waals surface area contributed by atoms with E-state index < -0.39 is 0 Å². The van der Waals surface area contributed by atoms with E-state index in [4.69, 9.17) is 4.74 Å². The first-order valence-corrected chi connectivity index (χ1v) is 6.22. The molecule has 0 aromatic heterocycles. The van der Waals surface area contributed by atoms with Crippen molar-refractivity contribution in [3.8, 4) is 5.75 Å². The van der Waals surface area contributed by atoms with E-state index in [2.05, 4.69) is 6.07 Å². The van der Waals surface area contributed by atoms with E-state index in [0.717, 1.165) is 42.6 Å². The van der Waals surface area contributed by atoms with Crippen molar-refractivity contribution in [2.75, 3.05) is 7.11 Å². The van der Waals surface area contributed by atoms with E-state index in [0.29, 0.717) is 12.2 Å². The Morgan fingerprint density at radius 3 is 2.82 bits per heavy atom. The highest BCUT2D eigenvalue weighted by molar-refractivity contribution is 6.23. The molecule has 2 aliphatic rings. The summed E-state index contributed by atoms with van der Waals surface area (Å²) < 4.78 is 5.42. The third-order valence-electron chi connectivity index (χ3n) is 3.79. The predicted molar refractivity (Wildman–Crippen MR) is 67.1 cm³/mol. The largest absolute Gasteiger partial charge is 0.496 e. The van der Waals surface area contributed by atoms with Gasteiger partial charge in [0.2, 0.25) is 0 Å². The fourth-order valence-electron chi connectivity index (χ4n) is 3.00. The molecule has 0 bridgehead atoms. The SMILES string of the molecule is COc1cccc2c1C1=C(CCCC1=O)CC2. The van der Waals surface area contributed by atoms with Crippen LogP contribution in [0.4, 0.5) is 0 Å². The summed E-state index contributed by atoms with van der Waals surface area (Å²) in [4.78, 5) is 12.1. The van der Waals surface area contributed by atoms with Crippen LogP contribution in [0.2, 0.25) is 0 Å². The van der Waals surface area contributed by atoms with Crippen molar-refractivity contribution >= 4 is 11.4 Å². The summed E-state index contributed by atoms with van der Waals surface area (Å²) >= 11 is 0. The first-order chi connectivity index (χ1) is 8.31. The number of hydrogen-bond donors (Lipinski definition) is 0. The van der Waals surface area contributed by atoms with Crippen LogP contribution in [0.15, 0.2) is 23.8 Å². The van der Waals surface area contributed by atoms with Crippen LogP contribution in [0, 0.1) is 0 Å². The summed E-state index contributed by atoms with van der Waals surface area (Å²) in [5.41, 5.74) is 4.65. The average Bonchev–Trinajstić information content (AvgIpc) is 2.38. The molecule has 0 spiro atoms. The molecule has 0 unspecified atom stereocenters. The van der Waals surface area contributed by atoms with Gasteiger partial charge in [-0.05, 0) is 37.3 Å². The number of benzene rings is 1. The Bertz CT molecular complexity index is 512. The highest BCUT2D eigenvalue weighted by atomic mass is 16.5. The van der Waals surface area contributed by atoms with Crippen molar-refractivity contribution < 1.29 is 9.53 Å². The van der Waals surface area contributed by atoms with E-state index in [1.54, 1.807) is 7.11 Å². The lowest BCUT2D eigenvalue weighted by atomic mass is 9.77. The molecule has 0 heterocycles. The number of Topliss-reactive ketones (excluding diaryl/α,β-unsaturated/α-hetero) is 1. The molecule has 0 aliphatic heterocycles. The number of carbonyl (C=O) groups excluding carboxylic acids is 1. The van der Waals surface area contributed by atoms with Gasteiger partial charge in [-0.25, -0.2) is 0 Å². The fourth-order valence-corrected chi connectivity index (χ4v) is 3.00. The van der Waals surface area contributed by atoms with Gasteiger partial charge in [0, 0.05) is 17.6 Å². The highest BCUT2D eigenvalue weighted by Crippen LogP contribution is 2.42. The van der Waals surface area contributed by atoms with Gasteiger partial charge in [-0.3, -0.25) is 4.79 Å². The Morgan fingerprint density at radius 2 is 2.00 bits per heavy atom. The molecule has 0 radical (unpaired) electrons. The molecular formula is C15H16O2. The molecule has 0 saturated heterocycles. The van der Waals surface area contributed by atoms with E-state index in [1.807, 2.05) is 12.1 Å². The fraction of sp³-hybridized carbons (Fsp3) is 0.400. The van der Waals surface area contributed by atoms with Crippen LogP contribution in [-0.4, -0.2) is 12.9 Å². The maximum absolute atomic E-state index is 12.1. The molecule has 0 fully saturated rings. The minimum Gasteiger partial charge on any atom is -0.496 e. The lowest BCUT2D eigenvalue weighted by molar-refractivity contribution is -0.114. The zero-order chi connectivity index (χ0) is 11.8. The quantitative estimate of drug-likeness (QED) is 0.738. The number of methoxy groups -OCH3 is 1. The minimum absolute atomic E-state index is 0.303. The molecule has 0 atom stereocenters. The summed E-state index contributed by atoms with van der Waals surface area (Å²) in [7, 11) is 1.68. The molecule has 2 heteroatoms. The molecule has 1 aromatic carbocycles. The van der Waals surface area contributed by atoms with Crippen molar-refractivity contribution in [2.24, 2.45) is 0 Å². The monoisotopic (exact) mass is 228 g/mol. The van der Waals surface area contributed by atoms with Gasteiger partial charge >= 0.3 is 0 Å². The van der Waals surface area contributed by atoms with Gasteiger partial charge in [0.25, 0.3) is 0 Å². The third kappa shape index (κ3) is 1.59. The number of rotatable bonds is 1. The summed E-state index contributed by atoms with van der Waals surface area (Å²) in [6.07, 6.45) is 4.87. The molecule has 3 rings (SSSR count). The lowest BCUT2D eigenvalue weighted by Gasteiger charge is -2.27. The molecule has 2 nitrogen and oxygen atoms in total. The maximum Gasteiger partial charge on any atom is 0.163 e. The second-order valence-corrected chi connectivity index (χ2v) is 4.75. The van der Waals surface area contributed by atoms with Crippen LogP contribution >= 0.6 is 0 Å². The number of fused-ring (bicyclic) bond motifs is 2. The Morgan fingerprint density at radius 1 is 1.12 bits per heavy atom. The molecule has 1 aromatic rings. The zero-order valence-electron chi connectivity index (χ0n) is 10.1. The molecule has 0 amide bonds. The van der Waals surface area contributed by atoms with Crippen LogP contribution in [0.1, 0.15) is 36.8 Å². The maximum atomic E-state index is 12.1. The van der Waals surface area contributed by atoms with Crippen LogP contribution in [0.3, 0.4) is 0 Å². The highest BCUT2D eigenvalue weighted by Gasteiger charge is 2.29. The van der Waals surface area contributed by atoms with Gasteiger partial charge in [0.15, 0.2) is 5.78 Å². The summed E-state index contributed by atoms with van der Waals surface area (Å²) in [5, 5.41) is 0. The number of ether oxygens (including phenoxy) is 1. The van der Waals surface area contributed by atoms with Gasteiger partial charge < -0.3 is 4.74 Å². The number of allylic oxidation sites excluding steroid dienone is 2. The van der Waals surface area contributed by atoms with Gasteiger partial charge in [-0.15, -0.1) is 0 Å². The second kappa shape index (κ2) is 4.02. The third-order valence-corrected chi connectivity index (χ3v) is 3.79. The number of hydrogen-bond acceptors (Lipinski definition) is 2. The second-order valence-electron chi connectivity index (χ2n) is 4.75. The van der Waals surface area contributed by atoms with E-state index in [-0.39, 0.29) is 0 Å². The van der Waals surface area contributed by atoms with Crippen LogP contribution in [0.5, 0.6) is 5.75 Å². The van der Waals surface area contributed by atoms with Crippen LogP contribution < -0.4 is 4.74 Å². The minimum atomic E-state index is 0.303. The Hall–Kier alpha value is -1.57. The number of ketones is 1. The Kier molecular flexibility index (Phi) is 2.50. The van der Waals surface area contributed by atoms with Gasteiger partial charge in [-0.1, -0.05) is 17.7 Å². The van der Waals surface area contributed by atoms with Gasteiger partial charge in [0.05, 0.1) is 7.11 Å². The topological polar surface area (TPSA) is 26.3 Å². The Balaban J connectivity index is 2.24. The van der Waals surface area contributed by atoms with Crippen molar-refractivity contribution in [2.45, 2.75) is 32.1 Å². The predicted octanol–water partition coefficient (Wildman–Crippen LogP) is 3.15. The molecule has 0 N–H and O–H groups in total.